The van der Waals surface area contributed by atoms with E-state index in [-0.39, 0.29) is 12.1 Å². The number of hydrogen-bond acceptors (Lipinski definition) is 4. The van der Waals surface area contributed by atoms with E-state index < -0.39 is 11.6 Å². The van der Waals surface area contributed by atoms with Crippen molar-refractivity contribution < 1.29 is 19.4 Å². The summed E-state index contributed by atoms with van der Waals surface area (Å²) in [5.74, 6) is -0.833. The largest absolute Gasteiger partial charge is 0.481 e. The monoisotopic (exact) mass is 232 g/mol. The summed E-state index contributed by atoms with van der Waals surface area (Å²) in [5.41, 5.74) is -0.402. The highest BCUT2D eigenvalue weighted by Gasteiger charge is 2.22. The Bertz CT molecular complexity index is 240. The lowest BCUT2D eigenvalue weighted by Gasteiger charge is -2.29. The maximum Gasteiger partial charge on any atom is 0.407 e. The van der Waals surface area contributed by atoms with E-state index in [0.717, 1.165) is 20.0 Å². The number of carboxylic acid groups (broad SMARTS) is 1. The highest BCUT2D eigenvalue weighted by atomic mass is 16.6. The molecular weight excluding hydrogens is 212 g/mol. The third-order valence-electron chi connectivity index (χ3n) is 1.50. The number of ether oxygens (including phenoxy) is 1. The number of nitrogens with one attached hydrogen (secondary N) is 2. The molecule has 1 fully saturated rings. The predicted molar refractivity (Wildman–Crippen MR) is 59.3 cm³/mol. The van der Waals surface area contributed by atoms with Crippen LogP contribution in [0.2, 0.25) is 0 Å². The first-order valence-electron chi connectivity index (χ1n) is 5.10. The van der Waals surface area contributed by atoms with Gasteiger partial charge in [0.25, 0.3) is 5.97 Å². The Kier molecular flexibility index (Phi) is 5.81. The van der Waals surface area contributed by atoms with Gasteiger partial charge in [-0.2, -0.15) is 0 Å². The number of carboxylic acids is 1. The number of amides is 1. The third-order valence-corrected chi connectivity index (χ3v) is 1.50. The molecule has 1 aliphatic rings. The zero-order valence-corrected chi connectivity index (χ0v) is 10.2. The Morgan fingerprint density at radius 2 is 1.81 bits per heavy atom. The van der Waals surface area contributed by atoms with Gasteiger partial charge in [0.1, 0.15) is 5.60 Å². The summed E-state index contributed by atoms with van der Waals surface area (Å²) in [5, 5.41) is 13.2. The summed E-state index contributed by atoms with van der Waals surface area (Å²) in [6.45, 7) is 8.33. The molecule has 1 amide bonds. The second-order valence-electron chi connectivity index (χ2n) is 4.52. The molecule has 0 unspecified atom stereocenters. The lowest BCUT2D eigenvalue weighted by molar-refractivity contribution is -0.134. The molecule has 1 heterocycles. The Balaban J connectivity index is 0.000000487. The van der Waals surface area contributed by atoms with E-state index in [1.807, 2.05) is 20.8 Å². The van der Waals surface area contributed by atoms with Crippen molar-refractivity contribution in [3.8, 4) is 0 Å². The molecular formula is C10H20N2O4. The van der Waals surface area contributed by atoms with Crippen molar-refractivity contribution in [1.29, 1.82) is 0 Å². The van der Waals surface area contributed by atoms with Crippen molar-refractivity contribution in [2.45, 2.75) is 39.3 Å². The predicted octanol–water partition coefficient (Wildman–Crippen LogP) is 0.574. The highest BCUT2D eigenvalue weighted by molar-refractivity contribution is 5.68. The Morgan fingerprint density at radius 1 is 1.38 bits per heavy atom. The normalized spacial score (nSPS) is 15.2. The van der Waals surface area contributed by atoms with E-state index in [2.05, 4.69) is 10.6 Å². The summed E-state index contributed by atoms with van der Waals surface area (Å²) in [4.78, 5) is 20.1. The lowest BCUT2D eigenvalue weighted by Crippen LogP contribution is -2.57. The van der Waals surface area contributed by atoms with Crippen LogP contribution in [-0.2, 0) is 9.53 Å². The van der Waals surface area contributed by atoms with E-state index in [1.54, 1.807) is 0 Å². The van der Waals surface area contributed by atoms with E-state index in [9.17, 15) is 4.79 Å². The van der Waals surface area contributed by atoms with Gasteiger partial charge < -0.3 is 20.5 Å². The number of aliphatic carboxylic acids is 1. The average Bonchev–Trinajstić information content (AvgIpc) is 1.92. The Labute approximate surface area is 95.4 Å². The summed E-state index contributed by atoms with van der Waals surface area (Å²) < 4.78 is 5.07. The van der Waals surface area contributed by atoms with E-state index in [1.165, 1.54) is 0 Å². The molecule has 0 aromatic rings. The van der Waals surface area contributed by atoms with Crippen LogP contribution in [-0.4, -0.2) is 41.9 Å². The van der Waals surface area contributed by atoms with E-state index in [4.69, 9.17) is 14.6 Å². The van der Waals surface area contributed by atoms with Crippen molar-refractivity contribution >= 4 is 12.1 Å². The quantitative estimate of drug-likeness (QED) is 0.615. The van der Waals surface area contributed by atoms with Crippen molar-refractivity contribution in [3.63, 3.8) is 0 Å². The van der Waals surface area contributed by atoms with Crippen LogP contribution in [0, 0.1) is 0 Å². The van der Waals surface area contributed by atoms with Gasteiger partial charge in [0.2, 0.25) is 0 Å². The maximum absolute atomic E-state index is 11.1. The van der Waals surface area contributed by atoms with Gasteiger partial charge in [-0.15, -0.1) is 0 Å². The number of rotatable bonds is 1. The molecule has 0 saturated carbocycles. The molecule has 1 aliphatic heterocycles. The van der Waals surface area contributed by atoms with Crippen LogP contribution < -0.4 is 10.6 Å². The lowest BCUT2D eigenvalue weighted by atomic mass is 10.2. The number of alkyl carbamates (subject to hydrolysis) is 1. The molecule has 0 atom stereocenters. The van der Waals surface area contributed by atoms with Gasteiger partial charge in [0.05, 0.1) is 6.04 Å². The van der Waals surface area contributed by atoms with Crippen LogP contribution in [0.5, 0.6) is 0 Å². The number of carbonyl (C=O) groups is 2. The summed E-state index contributed by atoms with van der Waals surface area (Å²) in [7, 11) is 0. The van der Waals surface area contributed by atoms with Gasteiger partial charge in [0, 0.05) is 20.0 Å². The van der Waals surface area contributed by atoms with Crippen molar-refractivity contribution in [1.82, 2.24) is 10.6 Å². The minimum atomic E-state index is -0.833. The second kappa shape index (κ2) is 6.32. The van der Waals surface area contributed by atoms with Gasteiger partial charge >= 0.3 is 6.09 Å². The maximum atomic E-state index is 11.1. The van der Waals surface area contributed by atoms with Crippen LogP contribution in [0.1, 0.15) is 27.7 Å². The van der Waals surface area contributed by atoms with Gasteiger partial charge in [-0.3, -0.25) is 4.79 Å². The van der Waals surface area contributed by atoms with Gasteiger partial charge in [-0.05, 0) is 20.8 Å². The highest BCUT2D eigenvalue weighted by Crippen LogP contribution is 2.06. The molecule has 0 aliphatic carbocycles. The summed E-state index contributed by atoms with van der Waals surface area (Å²) >= 11 is 0. The Hall–Kier alpha value is -1.30. The van der Waals surface area contributed by atoms with Crippen LogP contribution in [0.4, 0.5) is 4.79 Å². The Morgan fingerprint density at radius 3 is 2.06 bits per heavy atom. The van der Waals surface area contributed by atoms with Gasteiger partial charge in [-0.1, -0.05) is 0 Å². The number of hydrogen-bond donors (Lipinski definition) is 3. The zero-order valence-electron chi connectivity index (χ0n) is 10.2. The first-order valence-corrected chi connectivity index (χ1v) is 5.10. The van der Waals surface area contributed by atoms with Crippen molar-refractivity contribution in [2.24, 2.45) is 0 Å². The van der Waals surface area contributed by atoms with E-state index in [0.29, 0.717) is 0 Å². The van der Waals surface area contributed by atoms with E-state index >= 15 is 0 Å². The second-order valence-corrected chi connectivity index (χ2v) is 4.52. The molecule has 0 radical (unpaired) electrons. The molecule has 6 nitrogen and oxygen atoms in total. The third kappa shape index (κ3) is 9.26. The molecule has 3 N–H and O–H groups in total. The molecule has 6 heteroatoms. The molecule has 16 heavy (non-hydrogen) atoms. The SMILES string of the molecule is CC(=O)O.CC(C)(C)OC(=O)NC1CNC1. The minimum absolute atomic E-state index is 0.250. The number of carbonyl (C=O) groups excluding carboxylic acids is 1. The topological polar surface area (TPSA) is 87.7 Å². The average molecular weight is 232 g/mol. The standard InChI is InChI=1S/C8H16N2O2.C2H4O2/c1-8(2,3)12-7(11)10-6-4-9-5-6;1-2(3)4/h6,9H,4-5H2,1-3H3,(H,10,11);1H3,(H,3,4). The molecule has 1 saturated heterocycles. The molecule has 0 aromatic heterocycles. The van der Waals surface area contributed by atoms with Gasteiger partial charge in [-0.25, -0.2) is 4.79 Å². The minimum Gasteiger partial charge on any atom is -0.481 e. The molecule has 1 rings (SSSR count). The molecule has 94 valence electrons. The zero-order chi connectivity index (χ0) is 12.8. The molecule has 0 aromatic carbocycles. The fourth-order valence-corrected chi connectivity index (χ4v) is 0.865. The van der Waals surface area contributed by atoms with Crippen LogP contribution in [0.3, 0.4) is 0 Å². The molecule has 0 bridgehead atoms. The smallest absolute Gasteiger partial charge is 0.407 e. The molecule has 0 spiro atoms. The van der Waals surface area contributed by atoms with Crippen molar-refractivity contribution in [2.75, 3.05) is 13.1 Å². The van der Waals surface area contributed by atoms with Crippen LogP contribution >= 0.6 is 0 Å². The van der Waals surface area contributed by atoms with Crippen LogP contribution in [0.15, 0.2) is 0 Å². The summed E-state index contributed by atoms with van der Waals surface area (Å²) in [6.07, 6.45) is -0.325. The van der Waals surface area contributed by atoms with Gasteiger partial charge in [0.15, 0.2) is 0 Å². The fourth-order valence-electron chi connectivity index (χ4n) is 0.865. The first kappa shape index (κ1) is 14.7. The summed E-state index contributed by atoms with van der Waals surface area (Å²) in [6, 6.07) is 0.250. The van der Waals surface area contributed by atoms with Crippen molar-refractivity contribution in [3.05, 3.63) is 0 Å². The first-order chi connectivity index (χ1) is 7.20. The fraction of sp³-hybridized carbons (Fsp3) is 0.800. The van der Waals surface area contributed by atoms with Crippen LogP contribution in [0.25, 0.3) is 0 Å².